The van der Waals surface area contributed by atoms with Crippen molar-refractivity contribution in [1.29, 1.82) is 0 Å². The van der Waals surface area contributed by atoms with Gasteiger partial charge in [0, 0.05) is 26.2 Å². The van der Waals surface area contributed by atoms with Crippen molar-refractivity contribution in [2.24, 2.45) is 0 Å². The van der Waals surface area contributed by atoms with Crippen molar-refractivity contribution in [2.45, 2.75) is 37.5 Å². The summed E-state index contributed by atoms with van der Waals surface area (Å²) in [7, 11) is 1.50. The Morgan fingerprint density at radius 3 is 2.52 bits per heavy atom. The zero-order chi connectivity index (χ0) is 18.0. The molecule has 0 spiro atoms. The van der Waals surface area contributed by atoms with Crippen molar-refractivity contribution in [3.63, 3.8) is 0 Å². The number of likely N-dealkylation sites (N-methyl/N-ethyl adjacent to an activating group) is 1. The number of aliphatic hydroxyl groups excluding tert-OH is 1. The quantitative estimate of drug-likeness (QED) is 0.897. The molecule has 0 bridgehead atoms. The summed E-state index contributed by atoms with van der Waals surface area (Å²) in [4.78, 5) is 16.1. The molecule has 1 heterocycles. The lowest BCUT2D eigenvalue weighted by atomic mass is 9.85. The van der Waals surface area contributed by atoms with E-state index in [1.54, 1.807) is 0 Å². The number of carbonyl (C=O) groups excluding carboxylic acids is 1. The van der Waals surface area contributed by atoms with Gasteiger partial charge in [0.05, 0.1) is 25.4 Å². The number of rotatable bonds is 3. The number of hydrogen-bond donors (Lipinski definition) is 1. The Labute approximate surface area is 146 Å². The number of ether oxygens (including phenoxy) is 1. The van der Waals surface area contributed by atoms with Gasteiger partial charge < -0.3 is 14.7 Å². The summed E-state index contributed by atoms with van der Waals surface area (Å²) in [5, 5.41) is 10.8. The van der Waals surface area contributed by atoms with Gasteiger partial charge in [-0.25, -0.2) is 8.78 Å². The van der Waals surface area contributed by atoms with Crippen LogP contribution in [-0.2, 0) is 4.74 Å². The molecule has 138 valence electrons. The van der Waals surface area contributed by atoms with Crippen molar-refractivity contribution in [3.05, 3.63) is 35.4 Å². The molecule has 1 N–H and O–H groups in total. The number of amides is 1. The van der Waals surface area contributed by atoms with E-state index >= 15 is 0 Å². The maximum absolute atomic E-state index is 13.9. The van der Waals surface area contributed by atoms with Crippen LogP contribution in [0.4, 0.5) is 8.78 Å². The fraction of sp³-hybridized carbons (Fsp3) is 0.611. The van der Waals surface area contributed by atoms with Crippen LogP contribution in [0.15, 0.2) is 18.2 Å². The molecule has 7 heteroatoms. The predicted octanol–water partition coefficient (Wildman–Crippen LogP) is 1.65. The lowest BCUT2D eigenvalue weighted by molar-refractivity contribution is -0.0614. The van der Waals surface area contributed by atoms with Crippen molar-refractivity contribution < 1.29 is 23.4 Å². The van der Waals surface area contributed by atoms with E-state index in [0.29, 0.717) is 19.6 Å². The number of nitrogens with zero attached hydrogens (tertiary/aromatic N) is 2. The molecule has 1 saturated heterocycles. The maximum atomic E-state index is 13.9. The van der Waals surface area contributed by atoms with Crippen LogP contribution in [0.1, 0.15) is 29.6 Å². The molecule has 1 aliphatic carbocycles. The summed E-state index contributed by atoms with van der Waals surface area (Å²) in [6.07, 6.45) is 1.55. The van der Waals surface area contributed by atoms with E-state index in [-0.39, 0.29) is 6.04 Å². The monoisotopic (exact) mass is 354 g/mol. The number of benzene rings is 1. The summed E-state index contributed by atoms with van der Waals surface area (Å²) in [5.41, 5.74) is -0.564. The Hall–Kier alpha value is -1.57. The minimum absolute atomic E-state index is 0.0663. The standard InChI is InChI=1S/C18H24F2N2O3/c1-21(18(24)16-12(19)4-2-5-13(16)20)14-6-3-7-15(17(14)23)22-8-10-25-11-9-22/h2,4-5,14-15,17,23H,3,6-11H2,1H3/t14-,15-,17-/m1/s1. The van der Waals surface area contributed by atoms with Gasteiger partial charge in [0.15, 0.2) is 0 Å². The van der Waals surface area contributed by atoms with E-state index in [4.69, 9.17) is 4.74 Å². The van der Waals surface area contributed by atoms with Gasteiger partial charge in [0.2, 0.25) is 0 Å². The molecule has 1 amide bonds. The lowest BCUT2D eigenvalue weighted by Crippen LogP contribution is -2.58. The summed E-state index contributed by atoms with van der Waals surface area (Å²) >= 11 is 0. The molecular weight excluding hydrogens is 330 g/mol. The second kappa shape index (κ2) is 7.76. The van der Waals surface area contributed by atoms with Crippen molar-refractivity contribution >= 4 is 5.91 Å². The van der Waals surface area contributed by atoms with E-state index in [1.807, 2.05) is 0 Å². The zero-order valence-corrected chi connectivity index (χ0v) is 14.3. The Morgan fingerprint density at radius 1 is 1.24 bits per heavy atom. The first kappa shape index (κ1) is 18.2. The molecule has 0 radical (unpaired) electrons. The Bertz CT molecular complexity index is 602. The van der Waals surface area contributed by atoms with Crippen molar-refractivity contribution in [2.75, 3.05) is 33.4 Å². The third-order valence-electron chi connectivity index (χ3n) is 5.30. The van der Waals surface area contributed by atoms with E-state index in [0.717, 1.165) is 38.1 Å². The second-order valence-electron chi connectivity index (χ2n) is 6.72. The molecule has 0 aromatic heterocycles. The van der Waals surface area contributed by atoms with Gasteiger partial charge in [-0.1, -0.05) is 6.07 Å². The van der Waals surface area contributed by atoms with Crippen LogP contribution >= 0.6 is 0 Å². The van der Waals surface area contributed by atoms with Gasteiger partial charge in [-0.05, 0) is 31.4 Å². The first-order valence-electron chi connectivity index (χ1n) is 8.71. The molecule has 1 aliphatic heterocycles. The first-order valence-corrected chi connectivity index (χ1v) is 8.71. The SMILES string of the molecule is CN(C(=O)c1c(F)cccc1F)[C@@H]1CCC[C@@H](N2CCOCC2)[C@@H]1O. The minimum atomic E-state index is -0.883. The van der Waals surface area contributed by atoms with E-state index in [1.165, 1.54) is 18.0 Å². The highest BCUT2D eigenvalue weighted by molar-refractivity contribution is 5.94. The summed E-state index contributed by atoms with van der Waals surface area (Å²) in [5.74, 6) is -2.50. The molecule has 2 aliphatic rings. The molecule has 5 nitrogen and oxygen atoms in total. The highest BCUT2D eigenvalue weighted by Crippen LogP contribution is 2.28. The Balaban J connectivity index is 1.76. The van der Waals surface area contributed by atoms with E-state index < -0.39 is 35.3 Å². The summed E-state index contributed by atoms with van der Waals surface area (Å²) in [6, 6.07) is 2.83. The van der Waals surface area contributed by atoms with Gasteiger partial charge in [-0.3, -0.25) is 9.69 Å². The molecule has 1 aromatic rings. The van der Waals surface area contributed by atoms with Gasteiger partial charge in [0.1, 0.15) is 17.2 Å². The molecule has 0 unspecified atom stereocenters. The van der Waals surface area contributed by atoms with E-state index in [2.05, 4.69) is 4.90 Å². The van der Waals surface area contributed by atoms with Crippen molar-refractivity contribution in [1.82, 2.24) is 9.80 Å². The van der Waals surface area contributed by atoms with Crippen LogP contribution in [0.5, 0.6) is 0 Å². The van der Waals surface area contributed by atoms with Gasteiger partial charge >= 0.3 is 0 Å². The Morgan fingerprint density at radius 2 is 1.88 bits per heavy atom. The van der Waals surface area contributed by atoms with Gasteiger partial charge in [-0.2, -0.15) is 0 Å². The lowest BCUT2D eigenvalue weighted by Gasteiger charge is -2.45. The average molecular weight is 354 g/mol. The number of hydrogen-bond acceptors (Lipinski definition) is 4. The Kier molecular flexibility index (Phi) is 5.66. The number of morpholine rings is 1. The molecule has 1 aromatic carbocycles. The molecule has 25 heavy (non-hydrogen) atoms. The number of aliphatic hydroxyl groups is 1. The molecule has 3 atom stereocenters. The minimum Gasteiger partial charge on any atom is -0.389 e. The molecule has 2 fully saturated rings. The van der Waals surface area contributed by atoms with Crippen LogP contribution in [0.2, 0.25) is 0 Å². The zero-order valence-electron chi connectivity index (χ0n) is 14.3. The average Bonchev–Trinajstić information content (AvgIpc) is 2.62. The number of carbonyl (C=O) groups is 1. The fourth-order valence-corrected chi connectivity index (χ4v) is 3.89. The molecular formula is C18H24F2N2O3. The molecule has 1 saturated carbocycles. The predicted molar refractivity (Wildman–Crippen MR) is 88.3 cm³/mol. The summed E-state index contributed by atoms with van der Waals surface area (Å²) < 4.78 is 33.2. The van der Waals surface area contributed by atoms with Crippen LogP contribution in [-0.4, -0.2) is 72.4 Å². The van der Waals surface area contributed by atoms with Crippen LogP contribution < -0.4 is 0 Å². The van der Waals surface area contributed by atoms with Crippen LogP contribution in [0.3, 0.4) is 0 Å². The number of halogens is 2. The first-order chi connectivity index (χ1) is 12.0. The van der Waals surface area contributed by atoms with Crippen LogP contribution in [0.25, 0.3) is 0 Å². The highest BCUT2D eigenvalue weighted by atomic mass is 19.1. The highest BCUT2D eigenvalue weighted by Gasteiger charge is 2.40. The van der Waals surface area contributed by atoms with Crippen molar-refractivity contribution in [3.8, 4) is 0 Å². The third kappa shape index (κ3) is 3.68. The van der Waals surface area contributed by atoms with Gasteiger partial charge in [-0.15, -0.1) is 0 Å². The second-order valence-corrected chi connectivity index (χ2v) is 6.72. The molecule has 3 rings (SSSR count). The van der Waals surface area contributed by atoms with Gasteiger partial charge in [0.25, 0.3) is 5.91 Å². The van der Waals surface area contributed by atoms with E-state index in [9.17, 15) is 18.7 Å². The largest absolute Gasteiger partial charge is 0.389 e. The third-order valence-corrected chi connectivity index (χ3v) is 5.30. The smallest absolute Gasteiger partial charge is 0.259 e. The fourth-order valence-electron chi connectivity index (χ4n) is 3.89. The topological polar surface area (TPSA) is 53.0 Å². The summed E-state index contributed by atoms with van der Waals surface area (Å²) in [6.45, 7) is 2.74. The normalized spacial score (nSPS) is 27.9. The van der Waals surface area contributed by atoms with Crippen LogP contribution in [0, 0.1) is 11.6 Å². The maximum Gasteiger partial charge on any atom is 0.259 e.